The minimum atomic E-state index is 0.267. The van der Waals surface area contributed by atoms with Crippen LogP contribution >= 0.6 is 11.6 Å². The quantitative estimate of drug-likeness (QED) is 0.766. The molecule has 0 fully saturated rings. The second-order valence-corrected chi connectivity index (χ2v) is 5.11. The van der Waals surface area contributed by atoms with E-state index >= 15 is 0 Å². The molecule has 106 valence electrons. The van der Waals surface area contributed by atoms with E-state index in [4.69, 9.17) is 21.3 Å². The Kier molecular flexibility index (Phi) is 4.47. The highest BCUT2D eigenvalue weighted by molar-refractivity contribution is 6.17. The van der Waals surface area contributed by atoms with Gasteiger partial charge in [-0.1, -0.05) is 6.92 Å². The van der Waals surface area contributed by atoms with Crippen LogP contribution in [0.3, 0.4) is 0 Å². The van der Waals surface area contributed by atoms with E-state index < -0.39 is 0 Å². The molecule has 0 aromatic carbocycles. The summed E-state index contributed by atoms with van der Waals surface area (Å²) in [5, 5.41) is 4.45. The Morgan fingerprint density at radius 2 is 2.16 bits per heavy atom. The molecule has 2 rings (SSSR count). The summed E-state index contributed by atoms with van der Waals surface area (Å²) >= 11 is 5.90. The monoisotopic (exact) mass is 284 g/mol. The van der Waals surface area contributed by atoms with Crippen LogP contribution in [0.15, 0.2) is 0 Å². The van der Waals surface area contributed by atoms with Gasteiger partial charge in [0, 0.05) is 26.5 Å². The van der Waals surface area contributed by atoms with Crippen LogP contribution in [0.4, 0.5) is 0 Å². The molecule has 2 aromatic heterocycles. The summed E-state index contributed by atoms with van der Waals surface area (Å²) in [6.07, 6.45) is 1.74. The van der Waals surface area contributed by atoms with Crippen molar-refractivity contribution in [2.75, 3.05) is 19.6 Å². The van der Waals surface area contributed by atoms with Gasteiger partial charge in [0.2, 0.25) is 0 Å². The zero-order chi connectivity index (χ0) is 14.0. The maximum atomic E-state index is 5.90. The number of ether oxygens (including phenoxy) is 1. The molecule has 0 aliphatic heterocycles. The van der Waals surface area contributed by atoms with Crippen LogP contribution in [0.2, 0.25) is 0 Å². The van der Waals surface area contributed by atoms with Crippen molar-refractivity contribution < 1.29 is 4.74 Å². The first-order valence-corrected chi connectivity index (χ1v) is 7.12. The first-order valence-electron chi connectivity index (χ1n) is 6.59. The summed E-state index contributed by atoms with van der Waals surface area (Å²) < 4.78 is 9.47. The van der Waals surface area contributed by atoms with Crippen molar-refractivity contribution in [2.45, 2.75) is 32.7 Å². The Labute approximate surface area is 118 Å². The summed E-state index contributed by atoms with van der Waals surface area (Å²) in [5.74, 6) is 1.59. The number of aromatic nitrogens is 4. The van der Waals surface area contributed by atoms with E-state index in [2.05, 4.69) is 16.6 Å². The van der Waals surface area contributed by atoms with Gasteiger partial charge in [-0.05, 0) is 13.3 Å². The third kappa shape index (κ3) is 2.49. The summed E-state index contributed by atoms with van der Waals surface area (Å²) in [5.41, 5.74) is 2.98. The van der Waals surface area contributed by atoms with Gasteiger partial charge in [-0.15, -0.1) is 11.6 Å². The molecule has 0 saturated carbocycles. The predicted molar refractivity (Wildman–Crippen MR) is 76.9 cm³/mol. The number of methoxy groups -OCH3 is 1. The van der Waals surface area contributed by atoms with E-state index in [0.29, 0.717) is 12.5 Å². The minimum Gasteiger partial charge on any atom is -0.383 e. The van der Waals surface area contributed by atoms with Crippen LogP contribution < -0.4 is 0 Å². The van der Waals surface area contributed by atoms with Crippen LogP contribution in [0.1, 0.15) is 30.9 Å². The molecule has 5 nitrogen and oxygen atoms in total. The third-order valence-corrected chi connectivity index (χ3v) is 3.61. The number of aryl methyl sites for hydroxylation is 3. The topological polar surface area (TPSA) is 44.9 Å². The first-order chi connectivity index (χ1) is 9.13. The number of fused-ring (bicyclic) bond motifs is 1. The van der Waals surface area contributed by atoms with Crippen molar-refractivity contribution in [3.63, 3.8) is 0 Å². The van der Waals surface area contributed by atoms with E-state index in [1.165, 1.54) is 0 Å². The van der Waals surface area contributed by atoms with Crippen LogP contribution in [0.25, 0.3) is 11.2 Å². The van der Waals surface area contributed by atoms with E-state index in [1.807, 2.05) is 18.7 Å². The van der Waals surface area contributed by atoms with Gasteiger partial charge in [0.1, 0.15) is 11.3 Å². The van der Waals surface area contributed by atoms with Crippen molar-refractivity contribution in [1.29, 1.82) is 0 Å². The molecule has 0 bridgehead atoms. The molecule has 0 amide bonds. The van der Waals surface area contributed by atoms with Crippen molar-refractivity contribution in [3.05, 3.63) is 11.5 Å². The second-order valence-electron chi connectivity index (χ2n) is 4.74. The SMILES string of the molecule is CCC(COC)n1c(CCCl)nc2c(C)nn(C)c21. The molecule has 2 aromatic rings. The average molecular weight is 285 g/mol. The number of alkyl halides is 1. The molecule has 0 aliphatic rings. The molecule has 2 heterocycles. The fraction of sp³-hybridized carbons (Fsp3) is 0.692. The lowest BCUT2D eigenvalue weighted by molar-refractivity contribution is 0.153. The van der Waals surface area contributed by atoms with Gasteiger partial charge in [0.05, 0.1) is 18.3 Å². The molecular formula is C13H21ClN4O. The Hall–Kier alpha value is -1.07. The van der Waals surface area contributed by atoms with Gasteiger partial charge in [0.25, 0.3) is 0 Å². The van der Waals surface area contributed by atoms with Gasteiger partial charge in [-0.3, -0.25) is 4.68 Å². The Bertz CT molecular complexity index is 560. The van der Waals surface area contributed by atoms with E-state index in [0.717, 1.165) is 35.5 Å². The fourth-order valence-electron chi connectivity index (χ4n) is 2.55. The highest BCUT2D eigenvalue weighted by atomic mass is 35.5. The molecule has 0 aliphatic carbocycles. The van der Waals surface area contributed by atoms with Crippen molar-refractivity contribution >= 4 is 22.8 Å². The number of nitrogens with zero attached hydrogens (tertiary/aromatic N) is 4. The Morgan fingerprint density at radius 3 is 2.74 bits per heavy atom. The van der Waals surface area contributed by atoms with E-state index in [-0.39, 0.29) is 6.04 Å². The molecule has 0 spiro atoms. The summed E-state index contributed by atoms with van der Waals surface area (Å²) in [7, 11) is 3.68. The second kappa shape index (κ2) is 5.92. The first kappa shape index (κ1) is 14.3. The standard InChI is InChI=1S/C13H21ClN4O/c1-5-10(8-19-4)18-11(6-7-14)15-12-9(2)16-17(3)13(12)18/h10H,5-8H2,1-4H3. The highest BCUT2D eigenvalue weighted by Gasteiger charge is 2.22. The average Bonchev–Trinajstić information content (AvgIpc) is 2.87. The number of hydrogen-bond acceptors (Lipinski definition) is 3. The zero-order valence-corrected chi connectivity index (χ0v) is 12.7. The molecule has 0 N–H and O–H groups in total. The number of rotatable bonds is 6. The molecule has 0 radical (unpaired) electrons. The van der Waals surface area contributed by atoms with Crippen LogP contribution in [0.5, 0.6) is 0 Å². The fourth-order valence-corrected chi connectivity index (χ4v) is 2.72. The number of imidazole rings is 1. The summed E-state index contributed by atoms with van der Waals surface area (Å²) in [6.45, 7) is 4.81. The van der Waals surface area contributed by atoms with Crippen molar-refractivity contribution in [3.8, 4) is 0 Å². The van der Waals surface area contributed by atoms with Crippen LogP contribution in [0, 0.1) is 6.92 Å². The molecule has 1 unspecified atom stereocenters. The summed E-state index contributed by atoms with van der Waals surface area (Å²) in [6, 6.07) is 0.267. The molecule has 0 saturated heterocycles. The normalized spacial score (nSPS) is 13.3. The number of hydrogen-bond donors (Lipinski definition) is 0. The van der Waals surface area contributed by atoms with Crippen LogP contribution in [-0.2, 0) is 18.2 Å². The molecule has 1 atom stereocenters. The summed E-state index contributed by atoms with van der Waals surface area (Å²) in [4.78, 5) is 4.71. The van der Waals surface area contributed by atoms with Gasteiger partial charge in [-0.25, -0.2) is 4.98 Å². The molecule has 6 heteroatoms. The molecule has 19 heavy (non-hydrogen) atoms. The maximum absolute atomic E-state index is 5.90. The smallest absolute Gasteiger partial charge is 0.159 e. The van der Waals surface area contributed by atoms with Gasteiger partial charge in [0.15, 0.2) is 5.65 Å². The zero-order valence-electron chi connectivity index (χ0n) is 12.0. The van der Waals surface area contributed by atoms with E-state index in [1.54, 1.807) is 7.11 Å². The lowest BCUT2D eigenvalue weighted by Crippen LogP contribution is -2.18. The lowest BCUT2D eigenvalue weighted by atomic mass is 10.2. The van der Waals surface area contributed by atoms with Gasteiger partial charge >= 0.3 is 0 Å². The van der Waals surface area contributed by atoms with Gasteiger partial charge in [-0.2, -0.15) is 5.10 Å². The van der Waals surface area contributed by atoms with Crippen molar-refractivity contribution in [1.82, 2.24) is 19.3 Å². The third-order valence-electron chi connectivity index (χ3n) is 3.42. The number of halogens is 1. The Morgan fingerprint density at radius 1 is 1.42 bits per heavy atom. The van der Waals surface area contributed by atoms with Crippen molar-refractivity contribution in [2.24, 2.45) is 7.05 Å². The minimum absolute atomic E-state index is 0.267. The van der Waals surface area contributed by atoms with Gasteiger partial charge < -0.3 is 9.30 Å². The van der Waals surface area contributed by atoms with Crippen LogP contribution in [-0.4, -0.2) is 38.9 Å². The van der Waals surface area contributed by atoms with E-state index in [9.17, 15) is 0 Å². The lowest BCUT2D eigenvalue weighted by Gasteiger charge is -2.19. The largest absolute Gasteiger partial charge is 0.383 e. The Balaban J connectivity index is 2.62. The molecular weight excluding hydrogens is 264 g/mol. The maximum Gasteiger partial charge on any atom is 0.159 e. The highest BCUT2D eigenvalue weighted by Crippen LogP contribution is 2.25. The predicted octanol–water partition coefficient (Wildman–Crippen LogP) is 2.46.